The van der Waals surface area contributed by atoms with E-state index < -0.39 is 22.7 Å². The minimum absolute atomic E-state index is 0.0202. The Kier molecular flexibility index (Phi) is 2.74. The van der Waals surface area contributed by atoms with E-state index in [1.165, 1.54) is 0 Å². The average molecular weight is 280 g/mol. The molecule has 0 radical (unpaired) electrons. The van der Waals surface area contributed by atoms with Crippen molar-refractivity contribution in [1.82, 2.24) is 0 Å². The van der Waals surface area contributed by atoms with Gasteiger partial charge in [-0.3, -0.25) is 8.57 Å². The summed E-state index contributed by atoms with van der Waals surface area (Å²) in [7, 11) is 0. The van der Waals surface area contributed by atoms with Gasteiger partial charge in [0.25, 0.3) is 11.8 Å². The number of rotatable bonds is 2. The lowest BCUT2D eigenvalue weighted by molar-refractivity contribution is 0.370. The van der Waals surface area contributed by atoms with Crippen molar-refractivity contribution in [3.8, 4) is 0 Å². The van der Waals surface area contributed by atoms with Crippen molar-refractivity contribution < 1.29 is 25.4 Å². The van der Waals surface area contributed by atoms with Crippen molar-refractivity contribution in [3.63, 3.8) is 0 Å². The first-order valence-electron chi connectivity index (χ1n) is 4.93. The molecule has 0 aromatic rings. The van der Waals surface area contributed by atoms with E-state index >= 15 is 0 Å². The lowest BCUT2D eigenvalue weighted by Crippen LogP contribution is -2.15. The van der Waals surface area contributed by atoms with Crippen molar-refractivity contribution in [3.05, 3.63) is 0 Å². The third-order valence-electron chi connectivity index (χ3n) is 2.81. The van der Waals surface area contributed by atoms with E-state index in [-0.39, 0.29) is 11.8 Å². The molecule has 0 bridgehead atoms. The fourth-order valence-corrected chi connectivity index (χ4v) is 2.99. The van der Waals surface area contributed by atoms with Crippen LogP contribution in [-0.4, -0.2) is 20.2 Å². The van der Waals surface area contributed by atoms with E-state index in [9.17, 15) is 8.42 Å². The molecule has 0 amide bonds. The lowest BCUT2D eigenvalue weighted by atomic mass is 10.1. The predicted octanol–water partition coefficient (Wildman–Crippen LogP) is 0.281. The topological polar surface area (TPSA) is 95.8 Å². The second-order valence-electron chi connectivity index (χ2n) is 3.79. The summed E-state index contributed by atoms with van der Waals surface area (Å²) >= 11 is -3.61. The molecule has 4 atom stereocenters. The van der Waals surface area contributed by atoms with Crippen molar-refractivity contribution >= 4 is 34.5 Å². The maximum absolute atomic E-state index is 10.8. The standard InChI is InChI=1S/C7H8N2O6S2/c10-16-12-6(8-14-16)4-1-2-5(3-4)7-9-15-17(11)13-7/h4-5H,1-3H2/t4-,5+,16?,17?. The van der Waals surface area contributed by atoms with Crippen LogP contribution in [0.5, 0.6) is 0 Å². The summed E-state index contributed by atoms with van der Waals surface area (Å²) in [5, 5.41) is 7.19. The van der Waals surface area contributed by atoms with Gasteiger partial charge in [-0.2, -0.15) is 8.42 Å². The maximum Gasteiger partial charge on any atom is 0.440 e. The van der Waals surface area contributed by atoms with Crippen LogP contribution in [0.2, 0.25) is 0 Å². The summed E-state index contributed by atoms with van der Waals surface area (Å²) in [6.45, 7) is 0. The molecule has 0 spiro atoms. The molecule has 0 aromatic heterocycles. The number of hydrogen-bond donors (Lipinski definition) is 0. The van der Waals surface area contributed by atoms with Crippen LogP contribution >= 0.6 is 0 Å². The minimum Gasteiger partial charge on any atom is -0.350 e. The Morgan fingerprint density at radius 2 is 1.41 bits per heavy atom. The molecule has 1 saturated carbocycles. The van der Waals surface area contributed by atoms with E-state index in [1.807, 2.05) is 0 Å². The van der Waals surface area contributed by atoms with Gasteiger partial charge in [0.2, 0.25) is 0 Å². The van der Waals surface area contributed by atoms with Gasteiger partial charge in [-0.25, -0.2) is 0 Å². The number of nitrogens with zero attached hydrogens (tertiary/aromatic N) is 2. The normalized spacial score (nSPS) is 39.8. The molecular weight excluding hydrogens is 272 g/mol. The zero-order chi connectivity index (χ0) is 11.8. The molecule has 1 fully saturated rings. The minimum atomic E-state index is -1.81. The van der Waals surface area contributed by atoms with Crippen molar-refractivity contribution in [2.45, 2.75) is 19.3 Å². The summed E-state index contributed by atoms with van der Waals surface area (Å²) in [4.78, 5) is 0. The summed E-state index contributed by atoms with van der Waals surface area (Å²) in [5.74, 6) is 0.719. The first-order chi connectivity index (χ1) is 8.22. The van der Waals surface area contributed by atoms with Gasteiger partial charge in [0, 0.05) is 11.8 Å². The van der Waals surface area contributed by atoms with Crippen LogP contribution in [0.3, 0.4) is 0 Å². The second kappa shape index (κ2) is 4.26. The third kappa shape index (κ3) is 2.14. The zero-order valence-corrected chi connectivity index (χ0v) is 10.1. The molecule has 0 aromatic carbocycles. The van der Waals surface area contributed by atoms with E-state index in [0.717, 1.165) is 12.8 Å². The predicted molar refractivity (Wildman–Crippen MR) is 56.3 cm³/mol. The fourth-order valence-electron chi connectivity index (χ4n) is 2.05. The van der Waals surface area contributed by atoms with Crippen LogP contribution in [0.1, 0.15) is 19.3 Å². The van der Waals surface area contributed by atoms with E-state index in [0.29, 0.717) is 18.2 Å². The first kappa shape index (κ1) is 11.0. The smallest absolute Gasteiger partial charge is 0.350 e. The Morgan fingerprint density at radius 3 is 1.76 bits per heavy atom. The van der Waals surface area contributed by atoms with Gasteiger partial charge in [0.05, 0.1) is 0 Å². The molecule has 94 valence electrons. The molecule has 3 aliphatic rings. The molecule has 2 unspecified atom stereocenters. The zero-order valence-electron chi connectivity index (χ0n) is 8.44. The highest BCUT2D eigenvalue weighted by molar-refractivity contribution is 7.76. The van der Waals surface area contributed by atoms with Crippen LogP contribution in [-0.2, 0) is 39.7 Å². The fraction of sp³-hybridized carbons (Fsp3) is 0.714. The molecule has 1 aliphatic carbocycles. The molecule has 3 rings (SSSR count). The van der Waals surface area contributed by atoms with E-state index in [4.69, 9.17) is 8.37 Å². The molecule has 10 heteroatoms. The van der Waals surface area contributed by atoms with Crippen molar-refractivity contribution in [2.24, 2.45) is 22.1 Å². The summed E-state index contributed by atoms with van der Waals surface area (Å²) in [5.41, 5.74) is 0. The Labute approximate surface area is 102 Å². The summed E-state index contributed by atoms with van der Waals surface area (Å²) in [6, 6.07) is 0. The van der Waals surface area contributed by atoms with Crippen molar-refractivity contribution in [1.29, 1.82) is 0 Å². The van der Waals surface area contributed by atoms with Gasteiger partial charge in [0.15, 0.2) is 0 Å². The van der Waals surface area contributed by atoms with E-state index in [2.05, 4.69) is 18.9 Å². The Hall–Kier alpha value is -1.16. The van der Waals surface area contributed by atoms with Crippen LogP contribution in [0.4, 0.5) is 0 Å². The average Bonchev–Trinajstić information content (AvgIpc) is 2.96. The first-order valence-corrected chi connectivity index (χ1v) is 6.93. The lowest BCUT2D eigenvalue weighted by Gasteiger charge is -2.06. The summed E-state index contributed by atoms with van der Waals surface area (Å²) < 4.78 is 40.4. The number of oxime groups is 2. The van der Waals surface area contributed by atoms with Crippen molar-refractivity contribution in [2.75, 3.05) is 0 Å². The van der Waals surface area contributed by atoms with Crippen LogP contribution in [0, 0.1) is 11.8 Å². The third-order valence-corrected chi connectivity index (χ3v) is 3.82. The molecule has 0 N–H and O–H groups in total. The largest absolute Gasteiger partial charge is 0.440 e. The molecule has 0 saturated heterocycles. The van der Waals surface area contributed by atoms with Gasteiger partial charge in [-0.05, 0) is 29.6 Å². The SMILES string of the molecule is O=S1ON=C([C@@H]2CC[C@H](C3=NOS(=O)O3)C2)O1. The highest BCUT2D eigenvalue weighted by atomic mass is 32.2. The summed E-state index contributed by atoms with van der Waals surface area (Å²) in [6.07, 6.45) is 2.25. The Balaban J connectivity index is 1.62. The van der Waals surface area contributed by atoms with Gasteiger partial charge in [-0.15, -0.1) is 0 Å². The van der Waals surface area contributed by atoms with Gasteiger partial charge < -0.3 is 8.37 Å². The maximum atomic E-state index is 10.8. The monoisotopic (exact) mass is 280 g/mol. The Morgan fingerprint density at radius 1 is 0.941 bits per heavy atom. The highest BCUT2D eigenvalue weighted by Gasteiger charge is 2.39. The van der Waals surface area contributed by atoms with Crippen LogP contribution in [0.15, 0.2) is 10.3 Å². The molecule has 17 heavy (non-hydrogen) atoms. The Bertz CT molecular complexity index is 410. The van der Waals surface area contributed by atoms with Gasteiger partial charge in [-0.1, -0.05) is 0 Å². The van der Waals surface area contributed by atoms with Gasteiger partial charge in [0.1, 0.15) is 0 Å². The molecule has 2 heterocycles. The van der Waals surface area contributed by atoms with Crippen LogP contribution < -0.4 is 0 Å². The van der Waals surface area contributed by atoms with Crippen LogP contribution in [0.25, 0.3) is 0 Å². The molecule has 8 nitrogen and oxygen atoms in total. The number of hydrogen-bond acceptors (Lipinski definition) is 8. The molecule has 2 aliphatic heterocycles. The quantitative estimate of drug-likeness (QED) is 0.721. The second-order valence-corrected chi connectivity index (χ2v) is 5.24. The van der Waals surface area contributed by atoms with Gasteiger partial charge >= 0.3 is 22.7 Å². The van der Waals surface area contributed by atoms with E-state index in [1.54, 1.807) is 0 Å². The molecular formula is C7H8N2O6S2. The highest BCUT2D eigenvalue weighted by Crippen LogP contribution is 2.36.